The van der Waals surface area contributed by atoms with Gasteiger partial charge in [0.15, 0.2) is 0 Å². The van der Waals surface area contributed by atoms with Crippen molar-refractivity contribution in [2.45, 2.75) is 50.4 Å². The van der Waals surface area contributed by atoms with E-state index in [1.54, 1.807) is 6.92 Å². The van der Waals surface area contributed by atoms with E-state index in [0.29, 0.717) is 25.4 Å². The Morgan fingerprint density at radius 2 is 2.25 bits per heavy atom. The zero-order valence-corrected chi connectivity index (χ0v) is 11.8. The molecule has 5 nitrogen and oxygen atoms in total. The Labute approximate surface area is 118 Å². The second-order valence-electron chi connectivity index (χ2n) is 6.51. The van der Waals surface area contributed by atoms with E-state index in [2.05, 4.69) is 0 Å². The summed E-state index contributed by atoms with van der Waals surface area (Å²) in [5, 5.41) is 0. The highest BCUT2D eigenvalue weighted by molar-refractivity contribution is 5.93. The molecule has 0 radical (unpaired) electrons. The van der Waals surface area contributed by atoms with Gasteiger partial charge in [0.1, 0.15) is 17.8 Å². The van der Waals surface area contributed by atoms with Crippen LogP contribution in [-0.2, 0) is 9.59 Å². The highest BCUT2D eigenvalue weighted by atomic mass is 19.1. The van der Waals surface area contributed by atoms with E-state index < -0.39 is 23.7 Å². The number of nitrogens with zero attached hydrogens (tertiary/aromatic N) is 2. The Morgan fingerprint density at radius 3 is 2.85 bits per heavy atom. The number of hydrogen-bond donors (Lipinski definition) is 1. The zero-order chi connectivity index (χ0) is 14.5. The van der Waals surface area contributed by atoms with Crippen molar-refractivity contribution in [3.8, 4) is 0 Å². The lowest BCUT2D eigenvalue weighted by Crippen LogP contribution is -2.53. The summed E-state index contributed by atoms with van der Waals surface area (Å²) >= 11 is 0. The number of halogens is 1. The van der Waals surface area contributed by atoms with Gasteiger partial charge < -0.3 is 10.6 Å². The van der Waals surface area contributed by atoms with E-state index >= 15 is 0 Å². The third-order valence-electron chi connectivity index (χ3n) is 5.06. The van der Waals surface area contributed by atoms with Gasteiger partial charge in [-0.15, -0.1) is 0 Å². The van der Waals surface area contributed by atoms with Gasteiger partial charge in [-0.25, -0.2) is 4.39 Å². The number of carbonyl (C=O) groups excluding carboxylic acids is 2. The summed E-state index contributed by atoms with van der Waals surface area (Å²) in [5.74, 6) is 0.0103. The molecular weight excluding hydrogens is 261 g/mol. The predicted molar refractivity (Wildman–Crippen MR) is 71.5 cm³/mol. The van der Waals surface area contributed by atoms with E-state index in [9.17, 15) is 14.0 Å². The van der Waals surface area contributed by atoms with Gasteiger partial charge in [0, 0.05) is 26.1 Å². The van der Waals surface area contributed by atoms with Gasteiger partial charge in [-0.3, -0.25) is 14.5 Å². The lowest BCUT2D eigenvalue weighted by molar-refractivity contribution is -0.142. The molecule has 0 aromatic heterocycles. The van der Waals surface area contributed by atoms with Gasteiger partial charge in [-0.2, -0.15) is 0 Å². The van der Waals surface area contributed by atoms with Crippen LogP contribution in [0.3, 0.4) is 0 Å². The molecule has 0 aromatic rings. The van der Waals surface area contributed by atoms with Gasteiger partial charge in [0.05, 0.1) is 0 Å². The number of alkyl halides is 1. The second kappa shape index (κ2) is 4.69. The van der Waals surface area contributed by atoms with E-state index in [1.165, 1.54) is 17.7 Å². The highest BCUT2D eigenvalue weighted by Crippen LogP contribution is 2.43. The number of nitrogens with two attached hydrogens (primary N) is 1. The molecule has 2 aliphatic heterocycles. The summed E-state index contributed by atoms with van der Waals surface area (Å²) in [4.78, 5) is 27.6. The van der Waals surface area contributed by atoms with Crippen LogP contribution in [0.4, 0.5) is 4.39 Å². The molecule has 2 amide bonds. The standard InChI is InChI=1S/C14H22FN3O2/c1-9(12(16)19)18-5-4-14(13(18)20)6-11(15)8-17(14)7-10-2-3-10/h9-11H,2-8H2,1H3,(H2,16,19)/t9?,11-,14-/m0/s1. The van der Waals surface area contributed by atoms with E-state index in [4.69, 9.17) is 5.73 Å². The van der Waals surface area contributed by atoms with Crippen molar-refractivity contribution in [1.29, 1.82) is 0 Å². The van der Waals surface area contributed by atoms with Crippen LogP contribution in [0.5, 0.6) is 0 Å². The minimum Gasteiger partial charge on any atom is -0.368 e. The Hall–Kier alpha value is -1.17. The van der Waals surface area contributed by atoms with Crippen LogP contribution in [0.25, 0.3) is 0 Å². The first kappa shape index (κ1) is 13.8. The fourth-order valence-electron chi connectivity index (χ4n) is 3.62. The molecule has 1 spiro atoms. The van der Waals surface area contributed by atoms with Crippen LogP contribution in [0.15, 0.2) is 0 Å². The largest absolute Gasteiger partial charge is 0.368 e. The molecule has 2 heterocycles. The minimum absolute atomic E-state index is 0.107. The molecule has 3 fully saturated rings. The van der Waals surface area contributed by atoms with E-state index in [0.717, 1.165) is 6.54 Å². The van der Waals surface area contributed by atoms with Crippen LogP contribution in [0, 0.1) is 5.92 Å². The van der Waals surface area contributed by atoms with Crippen molar-refractivity contribution in [2.75, 3.05) is 19.6 Å². The first-order valence-corrected chi connectivity index (χ1v) is 7.43. The monoisotopic (exact) mass is 283 g/mol. The van der Waals surface area contributed by atoms with Crippen molar-refractivity contribution in [2.24, 2.45) is 11.7 Å². The van der Waals surface area contributed by atoms with Crippen LogP contribution in [0.1, 0.15) is 32.6 Å². The molecular formula is C14H22FN3O2. The Balaban J connectivity index is 1.80. The maximum Gasteiger partial charge on any atom is 0.243 e. The number of carbonyl (C=O) groups is 2. The molecule has 112 valence electrons. The predicted octanol–water partition coefficient (Wildman–Crippen LogP) is 0.285. The number of amides is 2. The smallest absolute Gasteiger partial charge is 0.243 e. The van der Waals surface area contributed by atoms with Gasteiger partial charge >= 0.3 is 0 Å². The van der Waals surface area contributed by atoms with Gasteiger partial charge in [-0.1, -0.05) is 0 Å². The number of likely N-dealkylation sites (tertiary alicyclic amines) is 2. The molecule has 20 heavy (non-hydrogen) atoms. The molecule has 1 aliphatic carbocycles. The summed E-state index contributed by atoms with van der Waals surface area (Å²) in [6.45, 7) is 3.30. The fourth-order valence-corrected chi connectivity index (χ4v) is 3.62. The molecule has 0 aromatic carbocycles. The Kier molecular flexibility index (Phi) is 3.23. The van der Waals surface area contributed by atoms with Crippen LogP contribution in [-0.4, -0.2) is 59.0 Å². The maximum absolute atomic E-state index is 13.9. The maximum atomic E-state index is 13.9. The average molecular weight is 283 g/mol. The molecule has 0 bridgehead atoms. The van der Waals surface area contributed by atoms with Gasteiger partial charge in [0.2, 0.25) is 11.8 Å². The molecule has 2 saturated heterocycles. The third kappa shape index (κ3) is 2.10. The second-order valence-corrected chi connectivity index (χ2v) is 6.51. The van der Waals surface area contributed by atoms with Crippen molar-refractivity contribution >= 4 is 11.8 Å². The number of hydrogen-bond acceptors (Lipinski definition) is 3. The SMILES string of the molecule is CC(C(N)=O)N1CC[C@]2(C[C@H](F)CN2CC2CC2)C1=O. The van der Waals surface area contributed by atoms with Crippen LogP contribution in [0.2, 0.25) is 0 Å². The average Bonchev–Trinajstić information content (AvgIpc) is 3.06. The van der Waals surface area contributed by atoms with Crippen LogP contribution < -0.4 is 5.73 Å². The van der Waals surface area contributed by atoms with Gasteiger partial charge in [-0.05, 0) is 32.1 Å². The van der Waals surface area contributed by atoms with Crippen molar-refractivity contribution in [3.05, 3.63) is 0 Å². The first-order chi connectivity index (χ1) is 9.44. The number of rotatable bonds is 4. The third-order valence-corrected chi connectivity index (χ3v) is 5.06. The molecule has 6 heteroatoms. The summed E-state index contributed by atoms with van der Waals surface area (Å²) in [6.07, 6.45) is 2.29. The molecule has 3 atom stereocenters. The molecule has 3 aliphatic rings. The molecule has 3 rings (SSSR count). The molecule has 1 saturated carbocycles. The molecule has 2 N–H and O–H groups in total. The lowest BCUT2D eigenvalue weighted by atomic mass is 9.93. The van der Waals surface area contributed by atoms with Crippen molar-refractivity contribution < 1.29 is 14.0 Å². The van der Waals surface area contributed by atoms with Crippen molar-refractivity contribution in [1.82, 2.24) is 9.80 Å². The quantitative estimate of drug-likeness (QED) is 0.806. The van der Waals surface area contributed by atoms with E-state index in [1.807, 2.05) is 4.90 Å². The molecule has 1 unspecified atom stereocenters. The zero-order valence-electron chi connectivity index (χ0n) is 11.8. The van der Waals surface area contributed by atoms with E-state index in [-0.39, 0.29) is 12.3 Å². The fraction of sp³-hybridized carbons (Fsp3) is 0.857. The van der Waals surface area contributed by atoms with Gasteiger partial charge in [0.25, 0.3) is 0 Å². The number of primary amides is 1. The Bertz CT molecular complexity index is 440. The minimum atomic E-state index is -0.943. The summed E-state index contributed by atoms with van der Waals surface area (Å²) in [5.41, 5.74) is 4.58. The summed E-state index contributed by atoms with van der Waals surface area (Å²) in [6, 6.07) is -0.608. The topological polar surface area (TPSA) is 66.6 Å². The van der Waals surface area contributed by atoms with Crippen LogP contribution >= 0.6 is 0 Å². The lowest BCUT2D eigenvalue weighted by Gasteiger charge is -2.33. The highest BCUT2D eigenvalue weighted by Gasteiger charge is 2.57. The summed E-state index contributed by atoms with van der Waals surface area (Å²) < 4.78 is 13.9. The van der Waals surface area contributed by atoms with Crippen molar-refractivity contribution in [3.63, 3.8) is 0 Å². The normalized spacial score (nSPS) is 36.0. The first-order valence-electron chi connectivity index (χ1n) is 7.43. The summed E-state index contributed by atoms with van der Waals surface area (Å²) in [7, 11) is 0. The Morgan fingerprint density at radius 1 is 1.55 bits per heavy atom.